The van der Waals surface area contributed by atoms with Crippen LogP contribution >= 0.6 is 11.8 Å². The van der Waals surface area contributed by atoms with E-state index in [0.29, 0.717) is 16.3 Å². The van der Waals surface area contributed by atoms with Gasteiger partial charge in [0.05, 0.1) is 23.2 Å². The van der Waals surface area contributed by atoms with E-state index < -0.39 is 0 Å². The van der Waals surface area contributed by atoms with Crippen LogP contribution in [0.25, 0.3) is 11.6 Å². The Morgan fingerprint density at radius 1 is 1.10 bits per heavy atom. The molecule has 2 aliphatic heterocycles. The highest BCUT2D eigenvalue weighted by atomic mass is 32.2. The van der Waals surface area contributed by atoms with E-state index in [-0.39, 0.29) is 16.7 Å². The van der Waals surface area contributed by atoms with E-state index in [4.69, 9.17) is 4.74 Å². The number of nitrogens with zero attached hydrogens (tertiary/aromatic N) is 2. The number of methoxy groups -OCH3 is 1. The van der Waals surface area contributed by atoms with Gasteiger partial charge in [-0.05, 0) is 62.4 Å². The molecule has 2 heterocycles. The van der Waals surface area contributed by atoms with E-state index >= 15 is 0 Å². The van der Waals surface area contributed by atoms with Gasteiger partial charge in [-0.1, -0.05) is 24.3 Å². The molecule has 0 bridgehead atoms. The van der Waals surface area contributed by atoms with Gasteiger partial charge in [0.15, 0.2) is 0 Å². The molecule has 2 aliphatic rings. The Balaban J connectivity index is 1.77. The van der Waals surface area contributed by atoms with Gasteiger partial charge in [-0.2, -0.15) is 0 Å². The van der Waals surface area contributed by atoms with Crippen LogP contribution in [0.1, 0.15) is 31.9 Å². The number of likely N-dealkylation sites (N-methyl/N-ethyl adjacent to an activating group) is 1. The molecule has 6 heteroatoms. The molecule has 0 spiro atoms. The number of hydrogen-bond donors (Lipinski definition) is 0. The molecule has 0 radical (unpaired) electrons. The van der Waals surface area contributed by atoms with Crippen LogP contribution in [0.15, 0.2) is 53.4 Å². The number of carbonyl (C=O) groups excluding carboxylic acids is 2. The molecule has 0 unspecified atom stereocenters. The van der Waals surface area contributed by atoms with Crippen molar-refractivity contribution in [1.29, 1.82) is 0 Å². The maximum atomic E-state index is 13.0. The van der Waals surface area contributed by atoms with Crippen molar-refractivity contribution in [3.05, 3.63) is 64.6 Å². The number of ether oxygens (including phenoxy) is 1. The van der Waals surface area contributed by atoms with Gasteiger partial charge >= 0.3 is 0 Å². The summed E-state index contributed by atoms with van der Waals surface area (Å²) in [6.07, 6.45) is 3.98. The van der Waals surface area contributed by atoms with Crippen LogP contribution in [0.3, 0.4) is 0 Å². The number of benzene rings is 2. The lowest BCUT2D eigenvalue weighted by Gasteiger charge is -2.41. The molecule has 154 valence electrons. The number of anilines is 2. The summed E-state index contributed by atoms with van der Waals surface area (Å²) in [6, 6.07) is 13.0. The predicted molar refractivity (Wildman–Crippen MR) is 124 cm³/mol. The molecule has 1 fully saturated rings. The molecule has 0 atom stereocenters. The minimum atomic E-state index is -0.318. The number of allylic oxidation sites excluding steroid dienone is 1. The van der Waals surface area contributed by atoms with Crippen molar-refractivity contribution in [2.24, 2.45) is 0 Å². The number of rotatable bonds is 3. The van der Waals surface area contributed by atoms with E-state index in [0.717, 1.165) is 28.6 Å². The summed E-state index contributed by atoms with van der Waals surface area (Å²) in [5, 5.41) is -0.299. The first-order valence-corrected chi connectivity index (χ1v) is 10.5. The molecule has 30 heavy (non-hydrogen) atoms. The second-order valence-electron chi connectivity index (χ2n) is 8.00. The molecule has 4 rings (SSSR count). The smallest absolute Gasteiger partial charge is 0.298 e. The molecule has 0 aliphatic carbocycles. The third-order valence-corrected chi connectivity index (χ3v) is 6.53. The highest BCUT2D eigenvalue weighted by Gasteiger charge is 2.36. The Morgan fingerprint density at radius 3 is 2.47 bits per heavy atom. The highest BCUT2D eigenvalue weighted by molar-refractivity contribution is 8.19. The summed E-state index contributed by atoms with van der Waals surface area (Å²) in [7, 11) is 3.68. The summed E-state index contributed by atoms with van der Waals surface area (Å²) in [4.78, 5) is 29.3. The van der Waals surface area contributed by atoms with Crippen LogP contribution in [0.4, 0.5) is 16.2 Å². The number of thioether (sulfide) groups is 1. The Bertz CT molecular complexity index is 1100. The maximum Gasteiger partial charge on any atom is 0.298 e. The zero-order chi connectivity index (χ0) is 21.6. The fraction of sp³-hybridized carbons (Fsp3) is 0.250. The van der Waals surface area contributed by atoms with Gasteiger partial charge in [0, 0.05) is 29.9 Å². The van der Waals surface area contributed by atoms with Gasteiger partial charge in [0.25, 0.3) is 11.1 Å². The zero-order valence-corrected chi connectivity index (χ0v) is 18.5. The first kappa shape index (κ1) is 20.3. The number of para-hydroxylation sites is 1. The average molecular weight is 421 g/mol. The van der Waals surface area contributed by atoms with Gasteiger partial charge in [-0.25, -0.2) is 4.90 Å². The van der Waals surface area contributed by atoms with Crippen molar-refractivity contribution < 1.29 is 14.3 Å². The van der Waals surface area contributed by atoms with Crippen molar-refractivity contribution in [3.63, 3.8) is 0 Å². The first-order chi connectivity index (χ1) is 14.2. The van der Waals surface area contributed by atoms with Crippen molar-refractivity contribution in [3.8, 4) is 5.75 Å². The van der Waals surface area contributed by atoms with Crippen molar-refractivity contribution in [2.45, 2.75) is 26.3 Å². The van der Waals surface area contributed by atoms with E-state index in [1.54, 1.807) is 25.3 Å². The lowest BCUT2D eigenvalue weighted by molar-refractivity contribution is -0.113. The van der Waals surface area contributed by atoms with E-state index in [2.05, 4.69) is 38.8 Å². The monoisotopic (exact) mass is 420 g/mol. The van der Waals surface area contributed by atoms with E-state index in [9.17, 15) is 9.59 Å². The Morgan fingerprint density at radius 2 is 1.80 bits per heavy atom. The summed E-state index contributed by atoms with van der Waals surface area (Å²) in [5.74, 6) is 0.346. The lowest BCUT2D eigenvalue weighted by Crippen LogP contribution is -2.42. The minimum Gasteiger partial charge on any atom is -0.496 e. The molecular weight excluding hydrogens is 396 g/mol. The van der Waals surface area contributed by atoms with Gasteiger partial charge in [-0.15, -0.1) is 0 Å². The van der Waals surface area contributed by atoms with Gasteiger partial charge < -0.3 is 9.64 Å². The Hall–Kier alpha value is -2.99. The normalized spacial score (nSPS) is 19.2. The molecular formula is C24H24N2O3S. The summed E-state index contributed by atoms with van der Waals surface area (Å²) in [5.41, 5.74) is 4.57. The van der Waals surface area contributed by atoms with Crippen LogP contribution in [0.5, 0.6) is 5.75 Å². The fourth-order valence-corrected chi connectivity index (χ4v) is 4.72. The largest absolute Gasteiger partial charge is 0.496 e. The quantitative estimate of drug-likeness (QED) is 0.608. The SMILES string of the molecule is COc1cc2c(cc1/C=C1/SC(=O)N(c3ccccc3)C1=O)C(C)=CC(C)(C)N2C. The predicted octanol–water partition coefficient (Wildman–Crippen LogP) is 5.57. The second kappa shape index (κ2) is 7.36. The molecule has 0 saturated carbocycles. The third-order valence-electron chi connectivity index (χ3n) is 5.66. The standard InChI is InChI=1S/C24H24N2O3S/c1-15-14-24(2,3)25(4)19-13-20(29-5)16(11-18(15)19)12-21-22(27)26(23(28)30-21)17-9-7-6-8-10-17/h6-14H,1-5H3/b21-12+. The molecule has 2 amide bonds. The number of imide groups is 1. The number of fused-ring (bicyclic) bond motifs is 1. The molecule has 2 aromatic carbocycles. The van der Waals surface area contributed by atoms with E-state index in [1.807, 2.05) is 30.3 Å². The Labute approximate surface area is 181 Å². The maximum absolute atomic E-state index is 13.0. The number of amides is 2. The van der Waals surface area contributed by atoms with Crippen LogP contribution in [0, 0.1) is 0 Å². The topological polar surface area (TPSA) is 49.9 Å². The van der Waals surface area contributed by atoms with Crippen molar-refractivity contribution >= 4 is 45.9 Å². The van der Waals surface area contributed by atoms with Gasteiger partial charge in [0.1, 0.15) is 5.75 Å². The fourth-order valence-electron chi connectivity index (χ4n) is 3.89. The molecule has 5 nitrogen and oxygen atoms in total. The Kier molecular flexibility index (Phi) is 4.98. The van der Waals surface area contributed by atoms with Crippen molar-refractivity contribution in [1.82, 2.24) is 0 Å². The summed E-state index contributed by atoms with van der Waals surface area (Å²) >= 11 is 0.947. The van der Waals surface area contributed by atoms with Crippen molar-refractivity contribution in [2.75, 3.05) is 24.0 Å². The molecule has 0 aromatic heterocycles. The average Bonchev–Trinajstić information content (AvgIpc) is 2.99. The summed E-state index contributed by atoms with van der Waals surface area (Å²) < 4.78 is 5.64. The first-order valence-electron chi connectivity index (χ1n) is 9.71. The molecule has 2 aromatic rings. The number of carbonyl (C=O) groups is 2. The third kappa shape index (κ3) is 3.31. The molecule has 1 saturated heterocycles. The van der Waals surface area contributed by atoms with Crippen LogP contribution < -0.4 is 14.5 Å². The van der Waals surface area contributed by atoms with Crippen LogP contribution in [0.2, 0.25) is 0 Å². The second-order valence-corrected chi connectivity index (χ2v) is 9.00. The lowest BCUT2D eigenvalue weighted by atomic mass is 9.88. The summed E-state index contributed by atoms with van der Waals surface area (Å²) in [6.45, 7) is 6.42. The van der Waals surface area contributed by atoms with Gasteiger partial charge in [0.2, 0.25) is 0 Å². The molecule has 0 N–H and O–H groups in total. The van der Waals surface area contributed by atoms with Crippen LogP contribution in [-0.2, 0) is 4.79 Å². The number of hydrogen-bond acceptors (Lipinski definition) is 5. The van der Waals surface area contributed by atoms with E-state index in [1.165, 1.54) is 10.5 Å². The minimum absolute atomic E-state index is 0.109. The van der Waals surface area contributed by atoms with Gasteiger partial charge in [-0.3, -0.25) is 9.59 Å². The van der Waals surface area contributed by atoms with Crippen LogP contribution in [-0.4, -0.2) is 30.8 Å². The highest BCUT2D eigenvalue weighted by Crippen LogP contribution is 2.43. The zero-order valence-electron chi connectivity index (χ0n) is 17.7.